The first-order valence-electron chi connectivity index (χ1n) is 14.2. The molecule has 0 spiro atoms. The average Bonchev–Trinajstić information content (AvgIpc) is 3.39. The number of sulfonamides is 1. The number of hydrogen-bond acceptors (Lipinski definition) is 7. The van der Waals surface area contributed by atoms with Crippen molar-refractivity contribution in [2.45, 2.75) is 50.8 Å². The highest BCUT2D eigenvalue weighted by Gasteiger charge is 2.26. The monoisotopic (exact) mass is 608 g/mol. The van der Waals surface area contributed by atoms with Crippen LogP contribution in [0.25, 0.3) is 10.2 Å². The van der Waals surface area contributed by atoms with Crippen LogP contribution in [0.4, 0.5) is 13.9 Å². The third-order valence-corrected chi connectivity index (χ3v) is 10.0. The number of nitrogens with zero attached hydrogens (tertiary/aromatic N) is 4. The highest BCUT2D eigenvalue weighted by molar-refractivity contribution is 7.89. The molecule has 0 N–H and O–H groups in total. The summed E-state index contributed by atoms with van der Waals surface area (Å²) in [6.45, 7) is 8.93. The van der Waals surface area contributed by atoms with E-state index in [4.69, 9.17) is 4.74 Å². The minimum Gasteiger partial charge on any atom is -0.379 e. The largest absolute Gasteiger partial charge is 0.379 e. The first-order valence-corrected chi connectivity index (χ1v) is 16.5. The normalized spacial score (nSPS) is 14.7. The summed E-state index contributed by atoms with van der Waals surface area (Å²) < 4.78 is 62.3. The summed E-state index contributed by atoms with van der Waals surface area (Å²) in [7, 11) is -3.71. The summed E-state index contributed by atoms with van der Waals surface area (Å²) >= 11 is 1.05. The van der Waals surface area contributed by atoms with Crippen LogP contribution in [0.3, 0.4) is 0 Å². The molecule has 1 aromatic heterocycles. The van der Waals surface area contributed by atoms with Crippen molar-refractivity contribution in [3.63, 3.8) is 0 Å². The highest BCUT2D eigenvalue weighted by atomic mass is 32.2. The molecule has 8 nitrogen and oxygen atoms in total. The fourth-order valence-electron chi connectivity index (χ4n) is 4.72. The zero-order valence-electron chi connectivity index (χ0n) is 23.7. The van der Waals surface area contributed by atoms with Gasteiger partial charge in [-0.1, -0.05) is 38.0 Å². The Hall–Kier alpha value is -2.51. The van der Waals surface area contributed by atoms with Crippen molar-refractivity contribution < 1.29 is 26.7 Å². The fourth-order valence-corrected chi connectivity index (χ4v) is 7.26. The van der Waals surface area contributed by atoms with Gasteiger partial charge in [0.25, 0.3) is 5.91 Å². The van der Waals surface area contributed by atoms with E-state index in [-0.39, 0.29) is 27.0 Å². The molecular weight excluding hydrogens is 570 g/mol. The first-order chi connectivity index (χ1) is 19.7. The van der Waals surface area contributed by atoms with E-state index in [0.717, 1.165) is 62.7 Å². The topological polar surface area (TPSA) is 83.1 Å². The van der Waals surface area contributed by atoms with Gasteiger partial charge in [-0.3, -0.25) is 14.6 Å². The van der Waals surface area contributed by atoms with E-state index in [1.54, 1.807) is 0 Å². The van der Waals surface area contributed by atoms with E-state index in [2.05, 4.69) is 9.88 Å². The molecule has 12 heteroatoms. The molecule has 224 valence electrons. The molecule has 0 bridgehead atoms. The SMILES string of the molecule is CCCCN(CCCC)S(=O)(=O)c1ccc(C(=O)N(CCCN2CCOCC2)c2nc3c(F)cc(F)cc3s2)cc1. The van der Waals surface area contributed by atoms with E-state index in [9.17, 15) is 22.0 Å². The lowest BCUT2D eigenvalue weighted by molar-refractivity contribution is 0.0376. The van der Waals surface area contributed by atoms with Crippen LogP contribution in [0, 0.1) is 11.6 Å². The Bertz CT molecular complexity index is 1400. The molecule has 1 aliphatic rings. The number of amides is 1. The number of fused-ring (bicyclic) bond motifs is 1. The van der Waals surface area contributed by atoms with Gasteiger partial charge in [-0.2, -0.15) is 4.31 Å². The molecular formula is C29H38F2N4O4S2. The number of benzene rings is 2. The van der Waals surface area contributed by atoms with Gasteiger partial charge < -0.3 is 4.74 Å². The second-order valence-electron chi connectivity index (χ2n) is 10.1. The minimum atomic E-state index is -3.71. The Balaban J connectivity index is 1.58. The summed E-state index contributed by atoms with van der Waals surface area (Å²) in [6.07, 6.45) is 3.94. The molecule has 1 amide bonds. The predicted octanol–water partition coefficient (Wildman–Crippen LogP) is 5.53. The van der Waals surface area contributed by atoms with Crippen molar-refractivity contribution in [2.24, 2.45) is 0 Å². The number of carbonyl (C=O) groups excluding carboxylic acids is 1. The Morgan fingerprint density at radius 1 is 1.00 bits per heavy atom. The van der Waals surface area contributed by atoms with E-state index >= 15 is 0 Å². The number of ether oxygens (including phenoxy) is 1. The Morgan fingerprint density at radius 3 is 2.29 bits per heavy atom. The van der Waals surface area contributed by atoms with Crippen molar-refractivity contribution in [1.82, 2.24) is 14.2 Å². The van der Waals surface area contributed by atoms with E-state index in [1.165, 1.54) is 39.5 Å². The van der Waals surface area contributed by atoms with Crippen LogP contribution in [-0.2, 0) is 14.8 Å². The lowest BCUT2D eigenvalue weighted by Gasteiger charge is -2.27. The number of anilines is 1. The van der Waals surface area contributed by atoms with Gasteiger partial charge in [0.1, 0.15) is 11.3 Å². The quantitative estimate of drug-likeness (QED) is 0.239. The molecule has 1 fully saturated rings. The number of unbranched alkanes of at least 4 members (excludes halogenated alkanes) is 2. The van der Waals surface area contributed by atoms with Crippen molar-refractivity contribution in [3.8, 4) is 0 Å². The highest BCUT2D eigenvalue weighted by Crippen LogP contribution is 2.32. The maximum atomic E-state index is 14.4. The smallest absolute Gasteiger partial charge is 0.260 e. The van der Waals surface area contributed by atoms with Gasteiger partial charge in [-0.15, -0.1) is 0 Å². The van der Waals surface area contributed by atoms with Gasteiger partial charge in [0.2, 0.25) is 10.0 Å². The third kappa shape index (κ3) is 7.86. The summed E-state index contributed by atoms with van der Waals surface area (Å²) in [5, 5.41) is 0.262. The summed E-state index contributed by atoms with van der Waals surface area (Å²) in [4.78, 5) is 22.0. The van der Waals surface area contributed by atoms with Crippen molar-refractivity contribution in [1.29, 1.82) is 0 Å². The van der Waals surface area contributed by atoms with Gasteiger partial charge in [0, 0.05) is 50.9 Å². The molecule has 0 radical (unpaired) electrons. The predicted molar refractivity (Wildman–Crippen MR) is 158 cm³/mol. The maximum absolute atomic E-state index is 14.4. The Morgan fingerprint density at radius 2 is 1.66 bits per heavy atom. The van der Waals surface area contributed by atoms with Crippen molar-refractivity contribution in [2.75, 3.05) is 57.4 Å². The van der Waals surface area contributed by atoms with E-state index in [0.29, 0.717) is 44.0 Å². The van der Waals surface area contributed by atoms with Crippen LogP contribution >= 0.6 is 11.3 Å². The maximum Gasteiger partial charge on any atom is 0.260 e. The lowest BCUT2D eigenvalue weighted by Crippen LogP contribution is -2.39. The summed E-state index contributed by atoms with van der Waals surface area (Å²) in [6, 6.07) is 7.93. The van der Waals surface area contributed by atoms with Gasteiger partial charge in [0.15, 0.2) is 10.9 Å². The zero-order valence-corrected chi connectivity index (χ0v) is 25.3. The second-order valence-corrected chi connectivity index (χ2v) is 13.1. The fraction of sp³-hybridized carbons (Fsp3) is 0.517. The molecule has 2 aromatic carbocycles. The molecule has 2 heterocycles. The van der Waals surface area contributed by atoms with Gasteiger partial charge >= 0.3 is 0 Å². The van der Waals surface area contributed by atoms with Crippen LogP contribution < -0.4 is 4.90 Å². The van der Waals surface area contributed by atoms with Crippen molar-refractivity contribution in [3.05, 3.63) is 53.6 Å². The van der Waals surface area contributed by atoms with Crippen LogP contribution in [-0.4, -0.2) is 81.0 Å². The van der Waals surface area contributed by atoms with Gasteiger partial charge in [0.05, 0.1) is 22.8 Å². The molecule has 1 aliphatic heterocycles. The lowest BCUT2D eigenvalue weighted by atomic mass is 10.2. The van der Waals surface area contributed by atoms with Gasteiger partial charge in [-0.05, 0) is 49.6 Å². The third-order valence-electron chi connectivity index (χ3n) is 7.10. The average molecular weight is 609 g/mol. The van der Waals surface area contributed by atoms with E-state index < -0.39 is 21.7 Å². The summed E-state index contributed by atoms with van der Waals surface area (Å²) in [5.74, 6) is -1.88. The zero-order chi connectivity index (χ0) is 29.4. The van der Waals surface area contributed by atoms with Crippen LogP contribution in [0.2, 0.25) is 0 Å². The minimum absolute atomic E-state index is 0.0121. The number of aromatic nitrogens is 1. The molecule has 1 saturated heterocycles. The number of hydrogen-bond donors (Lipinski definition) is 0. The van der Waals surface area contributed by atoms with Crippen LogP contribution in [0.1, 0.15) is 56.3 Å². The van der Waals surface area contributed by atoms with E-state index in [1.807, 2.05) is 13.8 Å². The number of carbonyl (C=O) groups is 1. The Kier molecular flexibility index (Phi) is 11.2. The molecule has 4 rings (SSSR count). The second kappa shape index (κ2) is 14.6. The number of rotatable bonds is 14. The molecule has 41 heavy (non-hydrogen) atoms. The number of halogens is 2. The molecule has 0 atom stereocenters. The number of morpholine rings is 1. The molecule has 0 unspecified atom stereocenters. The first kappa shape index (κ1) is 31.4. The number of thiazole rings is 1. The van der Waals surface area contributed by atoms with Crippen LogP contribution in [0.5, 0.6) is 0 Å². The van der Waals surface area contributed by atoms with Gasteiger partial charge in [-0.25, -0.2) is 22.2 Å². The molecule has 0 saturated carbocycles. The molecule has 3 aromatic rings. The molecule has 0 aliphatic carbocycles. The Labute approximate surface area is 245 Å². The summed E-state index contributed by atoms with van der Waals surface area (Å²) in [5.41, 5.74) is 0.299. The van der Waals surface area contributed by atoms with Crippen molar-refractivity contribution >= 4 is 42.6 Å². The standard InChI is InChI=1S/C29H38F2N4O4S2/c1-3-5-13-34(14-6-4-2)41(37,38)24-10-8-22(9-11-24)28(36)35(15-7-12-33-16-18-39-19-17-33)29-32-27-25(31)20-23(30)21-26(27)40-29/h8-11,20-21H,3-7,12-19H2,1-2H3. The van der Waals surface area contributed by atoms with Crippen LogP contribution in [0.15, 0.2) is 41.3 Å².